The zero-order valence-corrected chi connectivity index (χ0v) is 20.2. The Balaban J connectivity index is 1.28. The van der Waals surface area contributed by atoms with Crippen LogP contribution in [0.15, 0.2) is 90.1 Å². The largest absolute Gasteiger partial charge is 0.455 e. The molecule has 3 aromatic carbocycles. The Morgan fingerprint density at radius 3 is 2.34 bits per heavy atom. The van der Waals surface area contributed by atoms with Crippen molar-refractivity contribution in [3.63, 3.8) is 0 Å². The van der Waals surface area contributed by atoms with Crippen LogP contribution in [0.2, 0.25) is 0 Å². The maximum atomic E-state index is 12.9. The van der Waals surface area contributed by atoms with Gasteiger partial charge in [-0.2, -0.15) is 0 Å². The minimum atomic E-state index is -0.136. The first kappa shape index (κ1) is 23.1. The number of nitrogens with zero attached hydrogens (tertiary/aromatic N) is 4. The van der Waals surface area contributed by atoms with Crippen molar-refractivity contribution in [2.75, 3.05) is 24.2 Å². The topological polar surface area (TPSA) is 72.3 Å². The molecule has 1 N–H and O–H groups in total. The molecule has 1 aliphatic rings. The van der Waals surface area contributed by atoms with Crippen molar-refractivity contribution in [3.8, 4) is 17.2 Å². The highest BCUT2D eigenvalue weighted by Gasteiger charge is 2.20. The normalized spacial score (nSPS) is 13.6. The van der Waals surface area contributed by atoms with Crippen LogP contribution in [0.5, 0.6) is 11.5 Å². The number of amides is 1. The molecule has 7 nitrogen and oxygen atoms in total. The molecular weight excluding hydrogens is 458 g/mol. The number of ether oxygens (including phenoxy) is 1. The van der Waals surface area contributed by atoms with Crippen LogP contribution in [0, 0.1) is 0 Å². The Labute approximate surface area is 209 Å². The van der Waals surface area contributed by atoms with E-state index in [9.17, 15) is 4.79 Å². The maximum absolute atomic E-state index is 12.9. The van der Waals surface area contributed by atoms with Gasteiger partial charge in [0.05, 0.1) is 18.0 Å². The number of rotatable bonds is 9. The van der Waals surface area contributed by atoms with Gasteiger partial charge >= 0.3 is 0 Å². The summed E-state index contributed by atoms with van der Waals surface area (Å²) in [6, 6.07) is 27.0. The highest BCUT2D eigenvalue weighted by molar-refractivity contribution is 7.99. The van der Waals surface area contributed by atoms with Crippen LogP contribution in [0.4, 0.5) is 5.69 Å². The molecule has 5 rings (SSSR count). The van der Waals surface area contributed by atoms with Gasteiger partial charge in [0, 0.05) is 5.69 Å². The van der Waals surface area contributed by atoms with E-state index in [0.29, 0.717) is 22.3 Å². The van der Waals surface area contributed by atoms with Gasteiger partial charge in [-0.1, -0.05) is 60.3 Å². The lowest BCUT2D eigenvalue weighted by Crippen LogP contribution is -2.21. The molecule has 0 unspecified atom stereocenters. The molecule has 1 amide bonds. The van der Waals surface area contributed by atoms with Crippen LogP contribution in [-0.2, 0) is 11.3 Å². The van der Waals surface area contributed by atoms with E-state index >= 15 is 0 Å². The molecule has 1 saturated heterocycles. The highest BCUT2D eigenvalue weighted by Crippen LogP contribution is 2.30. The Kier molecular flexibility index (Phi) is 7.41. The second-order valence-corrected chi connectivity index (χ2v) is 9.24. The third-order valence-corrected chi connectivity index (χ3v) is 6.67. The molecule has 0 aliphatic carbocycles. The monoisotopic (exact) mass is 485 g/mol. The van der Waals surface area contributed by atoms with Crippen LogP contribution in [0.3, 0.4) is 0 Å². The zero-order valence-electron chi connectivity index (χ0n) is 19.3. The quantitative estimate of drug-likeness (QED) is 0.321. The van der Waals surface area contributed by atoms with E-state index in [4.69, 9.17) is 4.74 Å². The first-order valence-corrected chi connectivity index (χ1v) is 12.7. The van der Waals surface area contributed by atoms with Gasteiger partial charge in [-0.3, -0.25) is 14.3 Å². The first-order valence-electron chi connectivity index (χ1n) is 11.7. The molecule has 1 fully saturated rings. The van der Waals surface area contributed by atoms with Crippen LogP contribution in [0.1, 0.15) is 18.7 Å². The van der Waals surface area contributed by atoms with E-state index in [1.807, 2.05) is 84.9 Å². The molecule has 8 heteroatoms. The number of thioether (sulfide) groups is 1. The lowest BCUT2D eigenvalue weighted by atomic mass is 10.3. The van der Waals surface area contributed by atoms with Crippen molar-refractivity contribution in [2.45, 2.75) is 24.5 Å². The molecule has 0 radical (unpaired) electrons. The van der Waals surface area contributed by atoms with E-state index < -0.39 is 0 Å². The lowest BCUT2D eigenvalue weighted by Gasteiger charge is -2.16. The molecular formula is C27H27N5O2S. The Morgan fingerprint density at radius 1 is 0.886 bits per heavy atom. The maximum Gasteiger partial charge on any atom is 0.234 e. The van der Waals surface area contributed by atoms with E-state index in [1.165, 1.54) is 24.6 Å². The summed E-state index contributed by atoms with van der Waals surface area (Å²) in [6.07, 6.45) is 2.44. The molecule has 178 valence electrons. The van der Waals surface area contributed by atoms with E-state index in [2.05, 4.69) is 25.0 Å². The average Bonchev–Trinajstić information content (AvgIpc) is 3.55. The van der Waals surface area contributed by atoms with E-state index in [0.717, 1.165) is 31.1 Å². The van der Waals surface area contributed by atoms with Crippen LogP contribution >= 0.6 is 11.8 Å². The zero-order chi connectivity index (χ0) is 23.9. The number of carbonyl (C=O) groups is 1. The van der Waals surface area contributed by atoms with Gasteiger partial charge in [0.1, 0.15) is 5.75 Å². The SMILES string of the molecule is O=C(CSc1nnc(CN2CCCC2)n1-c1ccccc1)Nc1ccccc1Oc1ccccc1. The smallest absolute Gasteiger partial charge is 0.234 e. The Hall–Kier alpha value is -3.62. The van der Waals surface area contributed by atoms with Crippen molar-refractivity contribution in [3.05, 3.63) is 90.8 Å². The standard InChI is InChI=1S/C27H27N5O2S/c33-26(28-23-15-7-8-16-24(23)34-22-13-5-2-6-14-22)20-35-27-30-29-25(19-31-17-9-10-18-31)32(27)21-11-3-1-4-12-21/h1-8,11-16H,9-10,17-20H2,(H,28,33). The summed E-state index contributed by atoms with van der Waals surface area (Å²) in [5.41, 5.74) is 1.62. The molecule has 4 aromatic rings. The van der Waals surface area contributed by atoms with Gasteiger partial charge in [0.25, 0.3) is 0 Å². The number of para-hydroxylation sites is 4. The van der Waals surface area contributed by atoms with E-state index in [-0.39, 0.29) is 11.7 Å². The fraction of sp³-hybridized carbons (Fsp3) is 0.222. The van der Waals surface area contributed by atoms with Gasteiger partial charge in [-0.05, 0) is 62.3 Å². The number of nitrogens with one attached hydrogen (secondary N) is 1. The molecule has 2 heterocycles. The molecule has 1 aromatic heterocycles. The van der Waals surface area contributed by atoms with Crippen molar-refractivity contribution < 1.29 is 9.53 Å². The van der Waals surface area contributed by atoms with Crippen LogP contribution in [0.25, 0.3) is 5.69 Å². The molecule has 0 atom stereocenters. The summed E-state index contributed by atoms with van der Waals surface area (Å²) in [5, 5.41) is 12.6. The number of anilines is 1. The summed E-state index contributed by atoms with van der Waals surface area (Å²) in [6.45, 7) is 2.91. The van der Waals surface area contributed by atoms with Gasteiger partial charge in [-0.25, -0.2) is 0 Å². The predicted molar refractivity (Wildman–Crippen MR) is 138 cm³/mol. The number of likely N-dealkylation sites (tertiary alicyclic amines) is 1. The molecule has 0 spiro atoms. The third kappa shape index (κ3) is 5.90. The van der Waals surface area contributed by atoms with Crippen LogP contribution in [-0.4, -0.2) is 44.4 Å². The second kappa shape index (κ2) is 11.2. The highest BCUT2D eigenvalue weighted by atomic mass is 32.2. The second-order valence-electron chi connectivity index (χ2n) is 8.30. The summed E-state index contributed by atoms with van der Waals surface area (Å²) < 4.78 is 8.02. The molecule has 1 aliphatic heterocycles. The summed E-state index contributed by atoms with van der Waals surface area (Å²) in [7, 11) is 0. The fourth-order valence-electron chi connectivity index (χ4n) is 4.06. The number of carbonyl (C=O) groups excluding carboxylic acids is 1. The number of aromatic nitrogens is 3. The van der Waals surface area contributed by atoms with Crippen molar-refractivity contribution in [2.24, 2.45) is 0 Å². The number of hydrogen-bond donors (Lipinski definition) is 1. The summed E-state index contributed by atoms with van der Waals surface area (Å²) in [5.74, 6) is 2.27. The van der Waals surface area contributed by atoms with Crippen molar-refractivity contribution in [1.82, 2.24) is 19.7 Å². The third-order valence-electron chi connectivity index (χ3n) is 5.74. The van der Waals surface area contributed by atoms with E-state index in [1.54, 1.807) is 0 Å². The Bertz CT molecular complexity index is 1260. The minimum absolute atomic E-state index is 0.136. The van der Waals surface area contributed by atoms with Gasteiger partial charge in [0.15, 0.2) is 16.7 Å². The average molecular weight is 486 g/mol. The van der Waals surface area contributed by atoms with Crippen molar-refractivity contribution in [1.29, 1.82) is 0 Å². The Morgan fingerprint density at radius 2 is 1.57 bits per heavy atom. The summed E-state index contributed by atoms with van der Waals surface area (Å²) >= 11 is 1.38. The number of benzene rings is 3. The molecule has 0 saturated carbocycles. The van der Waals surface area contributed by atoms with Gasteiger partial charge in [-0.15, -0.1) is 10.2 Å². The van der Waals surface area contributed by atoms with Crippen LogP contribution < -0.4 is 10.1 Å². The minimum Gasteiger partial charge on any atom is -0.455 e. The summed E-state index contributed by atoms with van der Waals surface area (Å²) in [4.78, 5) is 15.3. The van der Waals surface area contributed by atoms with Gasteiger partial charge < -0.3 is 10.1 Å². The predicted octanol–water partition coefficient (Wildman–Crippen LogP) is 5.39. The van der Waals surface area contributed by atoms with Gasteiger partial charge in [0.2, 0.25) is 5.91 Å². The molecule has 35 heavy (non-hydrogen) atoms. The molecule has 0 bridgehead atoms. The lowest BCUT2D eigenvalue weighted by molar-refractivity contribution is -0.113. The first-order chi connectivity index (χ1) is 17.3. The number of hydrogen-bond acceptors (Lipinski definition) is 6. The fourth-order valence-corrected chi connectivity index (χ4v) is 4.83. The van der Waals surface area contributed by atoms with Crippen molar-refractivity contribution >= 4 is 23.4 Å².